The highest BCUT2D eigenvalue weighted by atomic mass is 35.5. The molecule has 0 radical (unpaired) electrons. The number of piperazine rings is 1. The van der Waals surface area contributed by atoms with Gasteiger partial charge in [-0.05, 0) is 92.6 Å². The number of amides is 5. The summed E-state index contributed by atoms with van der Waals surface area (Å²) in [5, 5.41) is 2.75. The molecule has 1 spiro atoms. The van der Waals surface area contributed by atoms with E-state index in [0.29, 0.717) is 41.3 Å². The summed E-state index contributed by atoms with van der Waals surface area (Å²) < 4.78 is 0. The van der Waals surface area contributed by atoms with E-state index < -0.39 is 29.7 Å². The number of nitrogens with zero attached hydrogens (tertiary/aromatic N) is 7. The Labute approximate surface area is 343 Å². The lowest BCUT2D eigenvalue weighted by Gasteiger charge is -2.45. The zero-order valence-electron chi connectivity index (χ0n) is 32.7. The van der Waals surface area contributed by atoms with Gasteiger partial charge in [0, 0.05) is 111 Å². The molecular weight excluding hydrogens is 756 g/mol. The van der Waals surface area contributed by atoms with Gasteiger partial charge in [0.1, 0.15) is 6.04 Å². The maximum absolute atomic E-state index is 13.5. The summed E-state index contributed by atoms with van der Waals surface area (Å²) in [5.74, 6) is -1.47. The topological polar surface area (TPSA) is 121 Å². The third-order valence-electron chi connectivity index (χ3n) is 13.7. The molecule has 0 saturated carbocycles. The van der Waals surface area contributed by atoms with Crippen molar-refractivity contribution in [3.8, 4) is 0 Å². The molecule has 1 N–H and O–H groups in total. The van der Waals surface area contributed by atoms with Crippen molar-refractivity contribution < 1.29 is 24.0 Å². The van der Waals surface area contributed by atoms with Gasteiger partial charge in [-0.25, -0.2) is 4.85 Å². The van der Waals surface area contributed by atoms with Crippen molar-refractivity contribution in [1.29, 1.82) is 0 Å². The maximum atomic E-state index is 13.5. The normalized spacial score (nSPS) is 23.6. The van der Waals surface area contributed by atoms with Crippen LogP contribution in [0.15, 0.2) is 60.7 Å². The Kier molecular flexibility index (Phi) is 9.88. The van der Waals surface area contributed by atoms with Crippen LogP contribution in [0.4, 0.5) is 22.7 Å². The first kappa shape index (κ1) is 38.1. The fourth-order valence-electron chi connectivity index (χ4n) is 10.1. The van der Waals surface area contributed by atoms with E-state index in [0.717, 1.165) is 99.1 Å². The number of carbonyl (C=O) groups excluding carboxylic acids is 5. The Bertz CT molecular complexity index is 2220. The van der Waals surface area contributed by atoms with Crippen molar-refractivity contribution in [1.82, 2.24) is 20.0 Å². The fraction of sp³-hybridized carbons (Fsp3) is 0.455. The maximum Gasteiger partial charge on any atom is 0.262 e. The molecule has 5 saturated heterocycles. The van der Waals surface area contributed by atoms with Gasteiger partial charge in [0.15, 0.2) is 0 Å². The molecule has 13 nitrogen and oxygen atoms in total. The Balaban J connectivity index is 0.723. The third-order valence-corrected chi connectivity index (χ3v) is 14.1. The van der Waals surface area contributed by atoms with Crippen LogP contribution >= 0.6 is 11.6 Å². The van der Waals surface area contributed by atoms with E-state index in [1.165, 1.54) is 0 Å². The summed E-state index contributed by atoms with van der Waals surface area (Å²) in [6.45, 7) is 18.2. The SMILES string of the molecule is [C-]#[N+]c1ccc(N2CCC3(CCN(c4ccc(C(=O)N5CCN(CC6CN(c7ccc8c(c7)C(=O)N(C7CCC(=O)NC7=O)C8=O)C6)CC5)cc4)CC3)C2C)cc1Cl. The number of imide groups is 2. The number of fused-ring (bicyclic) bond motifs is 1. The smallest absolute Gasteiger partial charge is 0.262 e. The summed E-state index contributed by atoms with van der Waals surface area (Å²) in [4.78, 5) is 79.9. The van der Waals surface area contributed by atoms with Crippen LogP contribution in [0.3, 0.4) is 0 Å². The Morgan fingerprint density at radius 2 is 1.48 bits per heavy atom. The van der Waals surface area contributed by atoms with Gasteiger partial charge in [-0.2, -0.15) is 0 Å². The lowest BCUT2D eigenvalue weighted by atomic mass is 9.73. The molecule has 5 amide bonds. The molecule has 6 heterocycles. The molecule has 6 aliphatic heterocycles. The van der Waals surface area contributed by atoms with E-state index in [1.807, 2.05) is 41.3 Å². The van der Waals surface area contributed by atoms with E-state index in [-0.39, 0.29) is 29.7 Å². The van der Waals surface area contributed by atoms with E-state index in [1.54, 1.807) is 12.1 Å². The number of hydrogen-bond donors (Lipinski definition) is 1. The van der Waals surface area contributed by atoms with Crippen LogP contribution in [0, 0.1) is 17.9 Å². The number of nitrogens with one attached hydrogen (secondary N) is 1. The molecule has 5 fully saturated rings. The Morgan fingerprint density at radius 1 is 0.810 bits per heavy atom. The van der Waals surface area contributed by atoms with Crippen LogP contribution < -0.4 is 20.0 Å². The monoisotopic (exact) mass is 802 g/mol. The van der Waals surface area contributed by atoms with Gasteiger partial charge < -0.3 is 19.6 Å². The summed E-state index contributed by atoms with van der Waals surface area (Å²) in [6, 6.07) is 18.6. The number of anilines is 3. The van der Waals surface area contributed by atoms with Gasteiger partial charge in [0.25, 0.3) is 17.7 Å². The second-order valence-corrected chi connectivity index (χ2v) is 17.2. The first-order valence-corrected chi connectivity index (χ1v) is 20.8. The second-order valence-electron chi connectivity index (χ2n) is 16.8. The molecule has 9 rings (SSSR count). The molecule has 3 aromatic rings. The van der Waals surface area contributed by atoms with E-state index in [2.05, 4.69) is 48.8 Å². The Hall–Kier alpha value is -5.45. The highest BCUT2D eigenvalue weighted by Gasteiger charge is 2.47. The standard InChI is InChI=1S/C44H47ClN8O5/c1-28-44(15-18-52(28)33-8-10-37(46-2)36(45)24-33)13-16-49(17-14-44)31-5-3-30(4-6-31)41(56)50-21-19-48(20-22-50)25-29-26-51(27-29)32-7-9-34-35(23-32)43(58)53(42(34)57)38-11-12-39(54)47-40(38)55/h3-10,23-24,28-29,38H,11-22,25-27H2,1H3,(H,47,54,55). The van der Waals surface area contributed by atoms with E-state index in [9.17, 15) is 24.0 Å². The predicted molar refractivity (Wildman–Crippen MR) is 221 cm³/mol. The first-order valence-electron chi connectivity index (χ1n) is 20.4. The van der Waals surface area contributed by atoms with Crippen LogP contribution in [0.25, 0.3) is 4.85 Å². The molecule has 0 aromatic heterocycles. The first-order chi connectivity index (χ1) is 28.0. The molecule has 300 valence electrons. The number of benzene rings is 3. The zero-order valence-corrected chi connectivity index (χ0v) is 33.4. The van der Waals surface area contributed by atoms with Crippen molar-refractivity contribution in [3.63, 3.8) is 0 Å². The van der Waals surface area contributed by atoms with Crippen LogP contribution in [-0.2, 0) is 9.59 Å². The van der Waals surface area contributed by atoms with Crippen LogP contribution in [-0.4, -0.2) is 122 Å². The molecule has 58 heavy (non-hydrogen) atoms. The van der Waals surface area contributed by atoms with E-state index in [4.69, 9.17) is 18.2 Å². The molecular formula is C44H47ClN8O5. The lowest BCUT2D eigenvalue weighted by molar-refractivity contribution is -0.136. The second kappa shape index (κ2) is 15.1. The summed E-state index contributed by atoms with van der Waals surface area (Å²) in [7, 11) is 0. The van der Waals surface area contributed by atoms with Crippen molar-refractivity contribution in [2.45, 2.75) is 51.1 Å². The highest BCUT2D eigenvalue weighted by molar-refractivity contribution is 6.33. The number of piperidine rings is 2. The average molecular weight is 803 g/mol. The van der Waals surface area contributed by atoms with Crippen molar-refractivity contribution in [2.24, 2.45) is 11.3 Å². The lowest BCUT2D eigenvalue weighted by Crippen LogP contribution is -2.55. The molecule has 0 bridgehead atoms. The van der Waals surface area contributed by atoms with Crippen molar-refractivity contribution in [2.75, 3.05) is 80.1 Å². The summed E-state index contributed by atoms with van der Waals surface area (Å²) in [6.07, 6.45) is 3.57. The minimum absolute atomic E-state index is 0.0730. The molecule has 3 aromatic carbocycles. The number of hydrogen-bond acceptors (Lipinski definition) is 9. The van der Waals surface area contributed by atoms with Crippen LogP contribution in [0.2, 0.25) is 5.02 Å². The summed E-state index contributed by atoms with van der Waals surface area (Å²) in [5.41, 5.74) is 5.16. The molecule has 2 unspecified atom stereocenters. The van der Waals surface area contributed by atoms with Gasteiger partial charge in [0.05, 0.1) is 17.7 Å². The fourth-order valence-corrected chi connectivity index (χ4v) is 10.3. The largest absolute Gasteiger partial charge is 0.371 e. The van der Waals surface area contributed by atoms with Gasteiger partial charge >= 0.3 is 0 Å². The van der Waals surface area contributed by atoms with Crippen molar-refractivity contribution >= 4 is 63.9 Å². The number of halogens is 1. The van der Waals surface area contributed by atoms with Crippen LogP contribution in [0.1, 0.15) is 70.1 Å². The molecule has 2 atom stereocenters. The number of rotatable bonds is 7. The molecule has 0 aliphatic carbocycles. The van der Waals surface area contributed by atoms with Gasteiger partial charge in [-0.15, -0.1) is 0 Å². The molecule has 6 aliphatic rings. The van der Waals surface area contributed by atoms with Crippen molar-refractivity contribution in [3.05, 3.63) is 93.8 Å². The zero-order chi connectivity index (χ0) is 40.3. The number of carbonyl (C=O) groups is 5. The average Bonchev–Trinajstić information content (AvgIpc) is 3.66. The molecule has 14 heteroatoms. The summed E-state index contributed by atoms with van der Waals surface area (Å²) >= 11 is 6.38. The van der Waals surface area contributed by atoms with Gasteiger partial charge in [-0.3, -0.25) is 39.1 Å². The van der Waals surface area contributed by atoms with Gasteiger partial charge in [0.2, 0.25) is 17.5 Å². The predicted octanol–water partition coefficient (Wildman–Crippen LogP) is 5.07. The quantitative estimate of drug-likeness (QED) is 0.258. The van der Waals surface area contributed by atoms with Gasteiger partial charge in [-0.1, -0.05) is 17.7 Å². The van der Waals surface area contributed by atoms with Crippen LogP contribution in [0.5, 0.6) is 0 Å². The van der Waals surface area contributed by atoms with E-state index >= 15 is 0 Å². The minimum Gasteiger partial charge on any atom is -0.371 e. The third kappa shape index (κ3) is 6.75. The highest BCUT2D eigenvalue weighted by Crippen LogP contribution is 2.48. The minimum atomic E-state index is -0.976. The Morgan fingerprint density at radius 3 is 2.17 bits per heavy atom.